The maximum absolute atomic E-state index is 13.4. The van der Waals surface area contributed by atoms with E-state index in [4.69, 9.17) is 5.73 Å². The van der Waals surface area contributed by atoms with Crippen LogP contribution in [0.15, 0.2) is 35.7 Å². The fourth-order valence-electron chi connectivity index (χ4n) is 1.32. The molecule has 1 heterocycles. The van der Waals surface area contributed by atoms with Gasteiger partial charge >= 0.3 is 0 Å². The number of hydrogen-bond donors (Lipinski definition) is 1. The Hall–Kier alpha value is -1.19. The van der Waals surface area contributed by atoms with Crippen molar-refractivity contribution in [2.24, 2.45) is 5.73 Å². The van der Waals surface area contributed by atoms with Gasteiger partial charge in [0.1, 0.15) is 5.82 Å². The van der Waals surface area contributed by atoms with Gasteiger partial charge in [-0.1, -0.05) is 12.1 Å². The summed E-state index contributed by atoms with van der Waals surface area (Å²) < 4.78 is 13.4. The van der Waals surface area contributed by atoms with E-state index >= 15 is 0 Å². The molecule has 3 heteroatoms. The van der Waals surface area contributed by atoms with Crippen LogP contribution in [0.25, 0.3) is 10.4 Å². The first-order valence-electron chi connectivity index (χ1n) is 4.33. The molecule has 0 aliphatic rings. The average Bonchev–Trinajstić information content (AvgIpc) is 2.71. The fourth-order valence-corrected chi connectivity index (χ4v) is 2.06. The maximum atomic E-state index is 13.4. The van der Waals surface area contributed by atoms with E-state index in [1.807, 2.05) is 17.5 Å². The first kappa shape index (κ1) is 9.37. The summed E-state index contributed by atoms with van der Waals surface area (Å²) in [6, 6.07) is 8.81. The third-order valence-electron chi connectivity index (χ3n) is 2.05. The monoisotopic (exact) mass is 207 g/mol. The zero-order chi connectivity index (χ0) is 9.97. The molecule has 2 aromatic rings. The molecule has 0 saturated carbocycles. The summed E-state index contributed by atoms with van der Waals surface area (Å²) >= 11 is 1.53. The Morgan fingerprint density at radius 3 is 2.79 bits per heavy atom. The summed E-state index contributed by atoms with van der Waals surface area (Å²) in [6.07, 6.45) is 0. The Morgan fingerprint density at radius 1 is 1.29 bits per heavy atom. The molecule has 1 aromatic carbocycles. The molecule has 0 atom stereocenters. The van der Waals surface area contributed by atoms with Gasteiger partial charge in [-0.05, 0) is 29.1 Å². The van der Waals surface area contributed by atoms with Gasteiger partial charge in [0.05, 0.1) is 0 Å². The Labute approximate surface area is 86.0 Å². The number of nitrogens with two attached hydrogens (primary N) is 1. The van der Waals surface area contributed by atoms with E-state index in [2.05, 4.69) is 0 Å². The Kier molecular flexibility index (Phi) is 2.61. The Morgan fingerprint density at radius 2 is 2.14 bits per heavy atom. The van der Waals surface area contributed by atoms with Crippen molar-refractivity contribution in [1.29, 1.82) is 0 Å². The van der Waals surface area contributed by atoms with Gasteiger partial charge < -0.3 is 5.73 Å². The van der Waals surface area contributed by atoms with Crippen molar-refractivity contribution in [3.05, 3.63) is 47.1 Å². The van der Waals surface area contributed by atoms with Crippen LogP contribution in [0.4, 0.5) is 4.39 Å². The zero-order valence-electron chi connectivity index (χ0n) is 7.53. The average molecular weight is 207 g/mol. The van der Waals surface area contributed by atoms with E-state index in [1.54, 1.807) is 12.1 Å². The molecule has 2 rings (SSSR count). The quantitative estimate of drug-likeness (QED) is 0.804. The van der Waals surface area contributed by atoms with E-state index in [0.717, 1.165) is 10.4 Å². The lowest BCUT2D eigenvalue weighted by atomic mass is 10.1. The second-order valence-corrected chi connectivity index (χ2v) is 3.94. The van der Waals surface area contributed by atoms with Crippen LogP contribution >= 0.6 is 11.3 Å². The minimum absolute atomic E-state index is 0.190. The minimum Gasteiger partial charge on any atom is -0.326 e. The number of rotatable bonds is 2. The van der Waals surface area contributed by atoms with Crippen LogP contribution in [0, 0.1) is 5.82 Å². The zero-order valence-corrected chi connectivity index (χ0v) is 8.35. The molecule has 0 aliphatic heterocycles. The summed E-state index contributed by atoms with van der Waals surface area (Å²) in [5.41, 5.74) is 7.10. The highest BCUT2D eigenvalue weighted by molar-refractivity contribution is 7.13. The molecule has 0 unspecified atom stereocenters. The summed E-state index contributed by atoms with van der Waals surface area (Å²) in [4.78, 5) is 0.942. The second-order valence-electron chi connectivity index (χ2n) is 3.00. The van der Waals surface area contributed by atoms with Crippen LogP contribution in [0.1, 0.15) is 5.56 Å². The van der Waals surface area contributed by atoms with Gasteiger partial charge in [-0.3, -0.25) is 0 Å². The van der Waals surface area contributed by atoms with E-state index in [1.165, 1.54) is 17.4 Å². The lowest BCUT2D eigenvalue weighted by Gasteiger charge is -2.02. The Bertz CT molecular complexity index is 423. The van der Waals surface area contributed by atoms with Crippen LogP contribution in [-0.4, -0.2) is 0 Å². The van der Waals surface area contributed by atoms with Crippen LogP contribution in [0.3, 0.4) is 0 Å². The highest BCUT2D eigenvalue weighted by Gasteiger charge is 2.06. The predicted molar refractivity (Wildman–Crippen MR) is 57.6 cm³/mol. The van der Waals surface area contributed by atoms with Crippen molar-refractivity contribution in [2.45, 2.75) is 6.54 Å². The lowest BCUT2D eigenvalue weighted by molar-refractivity contribution is 0.631. The Balaban J connectivity index is 2.51. The van der Waals surface area contributed by atoms with Crippen LogP contribution in [-0.2, 0) is 6.54 Å². The third kappa shape index (κ3) is 1.69. The molecule has 0 bridgehead atoms. The predicted octanol–water partition coefficient (Wildman–Crippen LogP) is 3.01. The molecule has 0 aliphatic carbocycles. The molecule has 1 aromatic heterocycles. The smallest absolute Gasteiger partial charge is 0.131 e. The number of benzene rings is 1. The van der Waals surface area contributed by atoms with Gasteiger partial charge in [-0.15, -0.1) is 11.3 Å². The van der Waals surface area contributed by atoms with Gasteiger partial charge in [0, 0.05) is 17.0 Å². The molecule has 0 fully saturated rings. The largest absolute Gasteiger partial charge is 0.326 e. The first-order chi connectivity index (χ1) is 6.81. The van der Waals surface area contributed by atoms with Crippen LogP contribution < -0.4 is 5.73 Å². The standard InChI is InChI=1S/C11H10FNS/c12-10-4-3-8(7-13)6-9(10)11-2-1-5-14-11/h1-6H,7,13H2. The van der Waals surface area contributed by atoms with Gasteiger partial charge in [0.25, 0.3) is 0 Å². The second kappa shape index (κ2) is 3.90. The fraction of sp³-hybridized carbons (Fsp3) is 0.0909. The van der Waals surface area contributed by atoms with E-state index in [-0.39, 0.29) is 5.82 Å². The lowest BCUT2D eigenvalue weighted by Crippen LogP contribution is -1.96. The summed E-state index contributed by atoms with van der Waals surface area (Å²) in [5, 5.41) is 1.93. The van der Waals surface area contributed by atoms with Gasteiger partial charge in [-0.2, -0.15) is 0 Å². The molecule has 0 saturated heterocycles. The summed E-state index contributed by atoms with van der Waals surface area (Å²) in [6.45, 7) is 0.443. The molecule has 0 amide bonds. The highest BCUT2D eigenvalue weighted by Crippen LogP contribution is 2.27. The van der Waals surface area contributed by atoms with Crippen LogP contribution in [0.5, 0.6) is 0 Å². The van der Waals surface area contributed by atoms with Crippen molar-refractivity contribution in [3.8, 4) is 10.4 Å². The minimum atomic E-state index is -0.190. The van der Waals surface area contributed by atoms with E-state index in [0.29, 0.717) is 12.1 Å². The normalized spacial score (nSPS) is 10.4. The molecule has 0 radical (unpaired) electrons. The van der Waals surface area contributed by atoms with Crippen molar-refractivity contribution in [2.75, 3.05) is 0 Å². The van der Waals surface area contributed by atoms with Crippen molar-refractivity contribution < 1.29 is 4.39 Å². The van der Waals surface area contributed by atoms with E-state index < -0.39 is 0 Å². The summed E-state index contributed by atoms with van der Waals surface area (Å²) in [5.74, 6) is -0.190. The maximum Gasteiger partial charge on any atom is 0.131 e. The molecule has 1 nitrogen and oxygen atoms in total. The van der Waals surface area contributed by atoms with Crippen molar-refractivity contribution in [1.82, 2.24) is 0 Å². The number of halogens is 1. The highest BCUT2D eigenvalue weighted by atomic mass is 32.1. The topological polar surface area (TPSA) is 26.0 Å². The molecule has 0 spiro atoms. The molecule has 72 valence electrons. The van der Waals surface area contributed by atoms with Crippen LogP contribution in [0.2, 0.25) is 0 Å². The third-order valence-corrected chi connectivity index (χ3v) is 2.96. The first-order valence-corrected chi connectivity index (χ1v) is 5.21. The van der Waals surface area contributed by atoms with Gasteiger partial charge in [0.2, 0.25) is 0 Å². The molecular formula is C11H10FNS. The molecule has 2 N–H and O–H groups in total. The van der Waals surface area contributed by atoms with Crippen molar-refractivity contribution >= 4 is 11.3 Å². The van der Waals surface area contributed by atoms with Gasteiger partial charge in [-0.25, -0.2) is 4.39 Å². The number of thiophene rings is 1. The van der Waals surface area contributed by atoms with Crippen molar-refractivity contribution in [3.63, 3.8) is 0 Å². The van der Waals surface area contributed by atoms with Gasteiger partial charge in [0.15, 0.2) is 0 Å². The molecular weight excluding hydrogens is 197 g/mol. The van der Waals surface area contributed by atoms with E-state index in [9.17, 15) is 4.39 Å². The SMILES string of the molecule is NCc1ccc(F)c(-c2cccs2)c1. The molecule has 14 heavy (non-hydrogen) atoms. The number of hydrogen-bond acceptors (Lipinski definition) is 2. The summed E-state index contributed by atoms with van der Waals surface area (Å²) in [7, 11) is 0.